The van der Waals surface area contributed by atoms with E-state index in [4.69, 9.17) is 4.84 Å². The van der Waals surface area contributed by atoms with E-state index in [1.165, 1.54) is 4.57 Å². The van der Waals surface area contributed by atoms with Crippen LogP contribution in [0.1, 0.15) is 21.6 Å². The topological polar surface area (TPSA) is 51.5 Å². The maximum Gasteiger partial charge on any atom is 0.360 e. The molecule has 19 heavy (non-hydrogen) atoms. The Bertz CT molecular complexity index is 612. The van der Waals surface area contributed by atoms with Crippen LogP contribution in [0, 0.1) is 6.92 Å². The van der Waals surface area contributed by atoms with Crippen LogP contribution >= 0.6 is 0 Å². The van der Waals surface area contributed by atoms with Gasteiger partial charge in [-0.3, -0.25) is 14.2 Å². The van der Waals surface area contributed by atoms with Crippen LogP contribution in [0.4, 0.5) is 4.79 Å². The van der Waals surface area contributed by atoms with Gasteiger partial charge in [0.15, 0.2) is 0 Å². The lowest BCUT2D eigenvalue weighted by molar-refractivity contribution is -0.0923. The zero-order valence-corrected chi connectivity index (χ0v) is 10.4. The van der Waals surface area contributed by atoms with Gasteiger partial charge in [0.1, 0.15) is 12.3 Å². The Kier molecular flexibility index (Phi) is 2.68. The van der Waals surface area contributed by atoms with Crippen LogP contribution in [0.3, 0.4) is 0 Å². The Morgan fingerprint density at radius 2 is 1.89 bits per heavy atom. The number of aromatic nitrogens is 1. The first-order chi connectivity index (χ1) is 9.16. The molecule has 0 bridgehead atoms. The van der Waals surface area contributed by atoms with Crippen molar-refractivity contribution in [1.29, 1.82) is 0 Å². The van der Waals surface area contributed by atoms with Gasteiger partial charge in [0.2, 0.25) is 0 Å². The average Bonchev–Trinajstić information content (AvgIpc) is 2.89. The van der Waals surface area contributed by atoms with Gasteiger partial charge in [-0.15, -0.1) is 5.06 Å². The minimum Gasteiger partial charge on any atom is -0.264 e. The number of benzene rings is 1. The average molecular weight is 256 g/mol. The molecule has 2 heterocycles. The van der Waals surface area contributed by atoms with Crippen molar-refractivity contribution in [3.05, 3.63) is 59.4 Å². The van der Waals surface area contributed by atoms with E-state index in [-0.39, 0.29) is 6.61 Å². The molecule has 0 N–H and O–H groups in total. The standard InChI is InChI=1S/C14H12N2O3/c1-10-7-12-13(17)16(14(18)15(12)8-10)19-9-11-5-3-2-4-6-11/h2-8H,9H2,1H3. The summed E-state index contributed by atoms with van der Waals surface area (Å²) in [5, 5.41) is 0.807. The van der Waals surface area contributed by atoms with E-state index in [2.05, 4.69) is 0 Å². The summed E-state index contributed by atoms with van der Waals surface area (Å²) in [5.41, 5.74) is 2.12. The minimum absolute atomic E-state index is 0.183. The predicted octanol–water partition coefficient (Wildman–Crippen LogP) is 2.35. The van der Waals surface area contributed by atoms with Crippen molar-refractivity contribution < 1.29 is 14.4 Å². The van der Waals surface area contributed by atoms with Crippen LogP contribution < -0.4 is 0 Å². The van der Waals surface area contributed by atoms with Crippen molar-refractivity contribution >= 4 is 11.9 Å². The monoisotopic (exact) mass is 256 g/mol. The van der Waals surface area contributed by atoms with Gasteiger partial charge in [0.25, 0.3) is 0 Å². The molecule has 0 atom stereocenters. The van der Waals surface area contributed by atoms with Crippen LogP contribution in [-0.2, 0) is 11.4 Å². The fraction of sp³-hybridized carbons (Fsp3) is 0.143. The number of hydrogen-bond acceptors (Lipinski definition) is 3. The van der Waals surface area contributed by atoms with Crippen molar-refractivity contribution in [3.63, 3.8) is 0 Å². The third-order valence-electron chi connectivity index (χ3n) is 2.94. The molecule has 0 aliphatic carbocycles. The van der Waals surface area contributed by atoms with E-state index in [0.717, 1.165) is 16.2 Å². The molecule has 2 amide bonds. The molecule has 3 rings (SSSR count). The van der Waals surface area contributed by atoms with Crippen LogP contribution in [-0.4, -0.2) is 21.6 Å². The minimum atomic E-state index is -0.468. The summed E-state index contributed by atoms with van der Waals surface area (Å²) in [7, 11) is 0. The molecule has 1 aromatic heterocycles. The van der Waals surface area contributed by atoms with Gasteiger partial charge in [-0.05, 0) is 24.1 Å². The highest BCUT2D eigenvalue weighted by Crippen LogP contribution is 2.20. The molecule has 0 unspecified atom stereocenters. The summed E-state index contributed by atoms with van der Waals surface area (Å²) < 4.78 is 1.31. The number of aryl methyl sites for hydroxylation is 1. The van der Waals surface area contributed by atoms with Crippen molar-refractivity contribution in [3.8, 4) is 0 Å². The molecule has 1 aliphatic heterocycles. The number of carbonyl (C=O) groups is 2. The van der Waals surface area contributed by atoms with Crippen molar-refractivity contribution in [2.75, 3.05) is 0 Å². The Morgan fingerprint density at radius 3 is 2.58 bits per heavy atom. The molecule has 1 aliphatic rings. The maximum absolute atomic E-state index is 12.0. The summed E-state index contributed by atoms with van der Waals surface area (Å²) in [4.78, 5) is 29.3. The van der Waals surface area contributed by atoms with Crippen LogP contribution in [0.5, 0.6) is 0 Å². The molecule has 96 valence electrons. The summed E-state index contributed by atoms with van der Waals surface area (Å²) in [6.45, 7) is 2.02. The number of hydrogen-bond donors (Lipinski definition) is 0. The van der Waals surface area contributed by atoms with Crippen molar-refractivity contribution in [1.82, 2.24) is 9.63 Å². The Balaban J connectivity index is 1.76. The molecule has 0 saturated heterocycles. The Morgan fingerprint density at radius 1 is 1.16 bits per heavy atom. The Labute approximate surface area is 110 Å². The summed E-state index contributed by atoms with van der Waals surface area (Å²) >= 11 is 0. The first kappa shape index (κ1) is 11.7. The molecular formula is C14H12N2O3. The molecule has 5 nitrogen and oxygen atoms in total. The highest BCUT2D eigenvalue weighted by atomic mass is 16.7. The van der Waals surface area contributed by atoms with E-state index < -0.39 is 11.9 Å². The maximum atomic E-state index is 12.0. The molecule has 2 aromatic rings. The molecule has 0 spiro atoms. The Hall–Kier alpha value is -2.40. The highest BCUT2D eigenvalue weighted by Gasteiger charge is 2.37. The number of hydroxylamine groups is 2. The number of imide groups is 1. The van der Waals surface area contributed by atoms with Gasteiger partial charge >= 0.3 is 11.9 Å². The van der Waals surface area contributed by atoms with Crippen LogP contribution in [0.15, 0.2) is 42.6 Å². The number of nitrogens with zero attached hydrogens (tertiary/aromatic N) is 2. The molecule has 5 heteroatoms. The lowest BCUT2D eigenvalue weighted by Gasteiger charge is -2.12. The SMILES string of the molecule is Cc1cc2n(c1)C(=O)N(OCc1ccccc1)C2=O. The van der Waals surface area contributed by atoms with Gasteiger partial charge < -0.3 is 0 Å². The quantitative estimate of drug-likeness (QED) is 0.847. The lowest BCUT2D eigenvalue weighted by Crippen LogP contribution is -2.31. The molecule has 0 saturated carbocycles. The van der Waals surface area contributed by atoms with Gasteiger partial charge in [-0.1, -0.05) is 30.3 Å². The first-order valence-electron chi connectivity index (χ1n) is 5.91. The zero-order chi connectivity index (χ0) is 13.4. The van der Waals surface area contributed by atoms with E-state index >= 15 is 0 Å². The third kappa shape index (κ3) is 1.94. The van der Waals surface area contributed by atoms with E-state index in [1.54, 1.807) is 12.3 Å². The van der Waals surface area contributed by atoms with Gasteiger partial charge in [0.05, 0.1) is 0 Å². The molecular weight excluding hydrogens is 244 g/mol. The number of carbonyl (C=O) groups excluding carboxylic acids is 2. The molecule has 0 radical (unpaired) electrons. The van der Waals surface area contributed by atoms with E-state index in [1.807, 2.05) is 37.3 Å². The second kappa shape index (κ2) is 4.37. The number of rotatable bonds is 3. The smallest absolute Gasteiger partial charge is 0.264 e. The third-order valence-corrected chi connectivity index (χ3v) is 2.94. The fourth-order valence-electron chi connectivity index (χ4n) is 2.03. The first-order valence-corrected chi connectivity index (χ1v) is 5.91. The molecule has 0 fully saturated rings. The zero-order valence-electron chi connectivity index (χ0n) is 10.4. The number of amides is 2. The summed E-state index contributed by atoms with van der Waals surface area (Å²) in [6, 6.07) is 10.6. The fourth-order valence-corrected chi connectivity index (χ4v) is 2.03. The van der Waals surface area contributed by atoms with Crippen LogP contribution in [0.25, 0.3) is 0 Å². The summed E-state index contributed by atoms with van der Waals surface area (Å²) in [5.74, 6) is -0.422. The van der Waals surface area contributed by atoms with Gasteiger partial charge in [0, 0.05) is 6.20 Å². The molecule has 1 aromatic carbocycles. The highest BCUT2D eigenvalue weighted by molar-refractivity contribution is 6.10. The number of fused-ring (bicyclic) bond motifs is 1. The second-order valence-corrected chi connectivity index (χ2v) is 4.41. The van der Waals surface area contributed by atoms with E-state index in [0.29, 0.717) is 5.69 Å². The lowest BCUT2D eigenvalue weighted by atomic mass is 10.2. The van der Waals surface area contributed by atoms with E-state index in [9.17, 15) is 9.59 Å². The van der Waals surface area contributed by atoms with Crippen LogP contribution in [0.2, 0.25) is 0 Å². The van der Waals surface area contributed by atoms with Crippen molar-refractivity contribution in [2.24, 2.45) is 0 Å². The van der Waals surface area contributed by atoms with Gasteiger partial charge in [-0.25, -0.2) is 4.79 Å². The van der Waals surface area contributed by atoms with Crippen molar-refractivity contribution in [2.45, 2.75) is 13.5 Å². The normalized spacial score (nSPS) is 14.1. The van der Waals surface area contributed by atoms with Gasteiger partial charge in [-0.2, -0.15) is 0 Å². The summed E-state index contributed by atoms with van der Waals surface area (Å²) in [6.07, 6.45) is 1.63. The second-order valence-electron chi connectivity index (χ2n) is 4.41. The predicted molar refractivity (Wildman–Crippen MR) is 67.4 cm³/mol. The largest absolute Gasteiger partial charge is 0.360 e.